The summed E-state index contributed by atoms with van der Waals surface area (Å²) in [5, 5.41) is 24.0. The Balaban J connectivity index is 0.782. The van der Waals surface area contributed by atoms with Crippen LogP contribution in [0.4, 0.5) is 9.59 Å². The molecule has 10 rings (SSSR count). The van der Waals surface area contributed by atoms with Crippen LogP contribution in [0.3, 0.4) is 0 Å². The van der Waals surface area contributed by atoms with Crippen molar-refractivity contribution in [1.82, 2.24) is 40.4 Å². The second-order valence-corrected chi connectivity index (χ2v) is 17.1. The number of aromatic nitrogens is 4. The van der Waals surface area contributed by atoms with Gasteiger partial charge in [-0.05, 0) is 99.3 Å². The van der Waals surface area contributed by atoms with Crippen molar-refractivity contribution >= 4 is 24.0 Å². The van der Waals surface area contributed by atoms with Gasteiger partial charge in [-0.2, -0.15) is 0 Å². The van der Waals surface area contributed by atoms with E-state index in [1.807, 2.05) is 70.7 Å². The summed E-state index contributed by atoms with van der Waals surface area (Å²) >= 11 is 0. The molecule has 2 saturated heterocycles. The Kier molecular flexibility index (Phi) is 8.99. The van der Waals surface area contributed by atoms with Crippen LogP contribution >= 0.6 is 0 Å². The zero-order chi connectivity index (χ0) is 39.7. The molecule has 14 heteroatoms. The average Bonchev–Trinajstić information content (AvgIpc) is 3.76. The van der Waals surface area contributed by atoms with Crippen molar-refractivity contribution in [1.29, 1.82) is 0 Å². The third-order valence-corrected chi connectivity index (χ3v) is 13.6. The number of carbonyl (C=O) groups excluding carboxylic acids is 2. The number of benzene rings is 2. The summed E-state index contributed by atoms with van der Waals surface area (Å²) in [7, 11) is 0. The van der Waals surface area contributed by atoms with E-state index in [2.05, 4.69) is 32.4 Å². The van der Waals surface area contributed by atoms with E-state index in [1.165, 1.54) is 0 Å². The molecule has 2 aromatic carbocycles. The number of likely N-dealkylation sites (tertiary alicyclic amines) is 2. The number of hydrogen-bond acceptors (Lipinski definition) is 6. The number of carboxylic acid groups (broad SMARTS) is 2. The van der Waals surface area contributed by atoms with E-state index < -0.39 is 24.3 Å². The zero-order valence-electron chi connectivity index (χ0n) is 31.9. The topological polar surface area (TPSA) is 197 Å². The van der Waals surface area contributed by atoms with Crippen LogP contribution in [0.5, 0.6) is 0 Å². The van der Waals surface area contributed by atoms with Crippen LogP contribution < -0.4 is 10.6 Å². The molecule has 2 aliphatic heterocycles. The summed E-state index contributed by atoms with van der Waals surface area (Å²) in [6.45, 7) is 0. The molecule has 4 aromatic rings. The van der Waals surface area contributed by atoms with E-state index >= 15 is 0 Å². The normalized spacial score (nSPS) is 26.6. The minimum Gasteiger partial charge on any atom is -0.465 e. The van der Waals surface area contributed by atoms with E-state index in [-0.39, 0.29) is 47.8 Å². The first kappa shape index (κ1) is 36.3. The highest BCUT2D eigenvalue weighted by atomic mass is 16.4. The monoisotopic (exact) mass is 782 g/mol. The number of rotatable bonds is 10. The van der Waals surface area contributed by atoms with Gasteiger partial charge in [0.05, 0.1) is 23.5 Å². The molecule has 2 unspecified atom stereocenters. The SMILES string of the molecule is O=C(O)N[C@@H](C(=O)N1C2C[C@@H]2C[C@H]1c1nc(-c2ccc(C#Cc3ccc(-c4c[nH]c([C@@H]5C[C@H]6CC6N5C(=O)[C@H](NC(=O)O)C5CCC5)n4)cc3)cc2)c[nH]1)C1CCC1. The fourth-order valence-electron chi connectivity index (χ4n) is 9.83. The number of aromatic amines is 2. The van der Waals surface area contributed by atoms with Gasteiger partial charge in [-0.15, -0.1) is 0 Å². The van der Waals surface area contributed by atoms with Gasteiger partial charge in [-0.3, -0.25) is 9.59 Å². The number of nitrogens with one attached hydrogen (secondary N) is 4. The maximum Gasteiger partial charge on any atom is 0.405 e. The maximum absolute atomic E-state index is 13.8. The lowest BCUT2D eigenvalue weighted by Crippen LogP contribution is -2.54. The highest BCUT2D eigenvalue weighted by Crippen LogP contribution is 2.55. The lowest BCUT2D eigenvalue weighted by atomic mass is 9.79. The molecule has 4 saturated carbocycles. The fraction of sp³-hybridized carbons (Fsp3) is 0.455. The lowest BCUT2D eigenvalue weighted by Gasteiger charge is -2.37. The second-order valence-electron chi connectivity index (χ2n) is 17.1. The minimum absolute atomic E-state index is 0.0492. The first-order valence-corrected chi connectivity index (χ1v) is 20.6. The second kappa shape index (κ2) is 14.4. The molecule has 4 heterocycles. The van der Waals surface area contributed by atoms with Crippen LogP contribution in [-0.2, 0) is 9.59 Å². The lowest BCUT2D eigenvalue weighted by molar-refractivity contribution is -0.138. The van der Waals surface area contributed by atoms with E-state index in [1.54, 1.807) is 0 Å². The summed E-state index contributed by atoms with van der Waals surface area (Å²) in [4.78, 5) is 70.9. The molecule has 6 N–H and O–H groups in total. The Hall–Kier alpha value is -6.10. The first-order valence-electron chi connectivity index (χ1n) is 20.6. The molecule has 6 aliphatic rings. The molecule has 8 atom stereocenters. The van der Waals surface area contributed by atoms with E-state index in [4.69, 9.17) is 9.97 Å². The van der Waals surface area contributed by atoms with Crippen LogP contribution in [0.25, 0.3) is 22.5 Å². The molecule has 298 valence electrons. The number of carbonyl (C=O) groups is 4. The predicted octanol–water partition coefficient (Wildman–Crippen LogP) is 6.06. The Bertz CT molecular complexity index is 2160. The first-order chi connectivity index (χ1) is 28.2. The van der Waals surface area contributed by atoms with E-state index in [0.717, 1.165) is 109 Å². The van der Waals surface area contributed by atoms with E-state index in [9.17, 15) is 29.4 Å². The van der Waals surface area contributed by atoms with Crippen LogP contribution in [0.15, 0.2) is 60.9 Å². The van der Waals surface area contributed by atoms with Crippen molar-refractivity contribution in [3.63, 3.8) is 0 Å². The standard InChI is InChI=1S/C44H46N8O6/c53-41(37(49-43(55)56)27-3-1-4-27)51-33-17-29(33)19-35(51)39-45-21-31(47-39)25-13-9-23(10-14-25)7-8-24-11-15-26(16-12-24)32-22-46-40(48-32)36-20-30-18-34(30)52(36)42(54)38(50-44(57)58)28-5-2-6-28/h9-16,21-22,27-30,33-38,49-50H,1-6,17-20H2,(H,45,47)(H,46,48)(H,55,56)(H,57,58)/t29-,30-,33?,34?,35+,36+,37-,38-/m1/s1. The van der Waals surface area contributed by atoms with Gasteiger partial charge in [0.15, 0.2) is 0 Å². The van der Waals surface area contributed by atoms with Gasteiger partial charge in [0.1, 0.15) is 23.7 Å². The molecule has 0 spiro atoms. The predicted molar refractivity (Wildman–Crippen MR) is 211 cm³/mol. The Morgan fingerprint density at radius 2 is 1.02 bits per heavy atom. The molecular formula is C44H46N8O6. The summed E-state index contributed by atoms with van der Waals surface area (Å²) in [6, 6.07) is 14.3. The number of fused-ring (bicyclic) bond motifs is 2. The number of imidazole rings is 2. The quantitative estimate of drug-likeness (QED) is 0.104. The van der Waals surface area contributed by atoms with Crippen molar-refractivity contribution < 1.29 is 29.4 Å². The third-order valence-electron chi connectivity index (χ3n) is 13.6. The van der Waals surface area contributed by atoms with Crippen LogP contribution in [0.1, 0.15) is 99.1 Å². The largest absolute Gasteiger partial charge is 0.465 e. The maximum atomic E-state index is 13.8. The van der Waals surface area contributed by atoms with Gasteiger partial charge >= 0.3 is 12.2 Å². The Morgan fingerprint density at radius 3 is 1.36 bits per heavy atom. The van der Waals surface area contributed by atoms with Crippen molar-refractivity contribution in [2.75, 3.05) is 0 Å². The molecule has 0 bridgehead atoms. The fourth-order valence-corrected chi connectivity index (χ4v) is 9.83. The molecule has 6 fully saturated rings. The number of piperidine rings is 2. The molecule has 58 heavy (non-hydrogen) atoms. The zero-order valence-corrected chi connectivity index (χ0v) is 31.9. The van der Waals surface area contributed by atoms with Gasteiger partial charge in [0.25, 0.3) is 0 Å². The number of amides is 4. The summed E-state index contributed by atoms with van der Waals surface area (Å²) in [6.07, 6.45) is 10.5. The molecule has 4 aliphatic carbocycles. The minimum atomic E-state index is -1.16. The van der Waals surface area contributed by atoms with Gasteiger partial charge in [-0.1, -0.05) is 48.9 Å². The van der Waals surface area contributed by atoms with Crippen LogP contribution in [-0.4, -0.2) is 88.1 Å². The number of hydrogen-bond donors (Lipinski definition) is 6. The molecule has 4 amide bonds. The van der Waals surface area contributed by atoms with Gasteiger partial charge < -0.3 is 40.6 Å². The smallest absolute Gasteiger partial charge is 0.405 e. The highest BCUT2D eigenvalue weighted by Gasteiger charge is 2.58. The summed E-state index contributed by atoms with van der Waals surface area (Å²) in [5.41, 5.74) is 5.11. The molecule has 0 radical (unpaired) electrons. The van der Waals surface area contributed by atoms with E-state index in [0.29, 0.717) is 11.8 Å². The summed E-state index contributed by atoms with van der Waals surface area (Å²) in [5.74, 6) is 8.66. The summed E-state index contributed by atoms with van der Waals surface area (Å²) < 4.78 is 0. The molecule has 14 nitrogen and oxygen atoms in total. The Labute approximate surface area is 335 Å². The van der Waals surface area contributed by atoms with Gasteiger partial charge in [0, 0.05) is 46.7 Å². The Morgan fingerprint density at radius 1 is 0.621 bits per heavy atom. The van der Waals surface area contributed by atoms with Crippen LogP contribution in [0.2, 0.25) is 0 Å². The van der Waals surface area contributed by atoms with Crippen LogP contribution in [0, 0.1) is 35.5 Å². The average molecular weight is 783 g/mol. The molecular weight excluding hydrogens is 737 g/mol. The van der Waals surface area contributed by atoms with Gasteiger partial charge in [0.2, 0.25) is 11.8 Å². The molecule has 2 aromatic heterocycles. The number of nitrogens with zero attached hydrogens (tertiary/aromatic N) is 4. The third kappa shape index (κ3) is 6.76. The van der Waals surface area contributed by atoms with Crippen molar-refractivity contribution in [3.8, 4) is 34.4 Å². The highest BCUT2D eigenvalue weighted by molar-refractivity contribution is 5.88. The number of H-pyrrole nitrogens is 2. The van der Waals surface area contributed by atoms with Crippen molar-refractivity contribution in [3.05, 3.63) is 83.7 Å². The van der Waals surface area contributed by atoms with Crippen molar-refractivity contribution in [2.45, 2.75) is 100 Å². The van der Waals surface area contributed by atoms with Gasteiger partial charge in [-0.25, -0.2) is 19.6 Å². The van der Waals surface area contributed by atoms with Crippen molar-refractivity contribution in [2.24, 2.45) is 23.7 Å².